The Morgan fingerprint density at radius 3 is 2.75 bits per heavy atom. The van der Waals surface area contributed by atoms with Gasteiger partial charge in [-0.15, -0.1) is 11.3 Å². The first-order chi connectivity index (χ1) is 11.6. The van der Waals surface area contributed by atoms with Gasteiger partial charge in [0.25, 0.3) is 0 Å². The molecule has 1 amide bonds. The van der Waals surface area contributed by atoms with E-state index in [2.05, 4.69) is 10.3 Å². The number of amides is 1. The van der Waals surface area contributed by atoms with Gasteiger partial charge in [0.05, 0.1) is 5.69 Å². The minimum atomic E-state index is -0.238. The van der Waals surface area contributed by atoms with Gasteiger partial charge in [0, 0.05) is 27.7 Å². The van der Waals surface area contributed by atoms with Crippen LogP contribution in [0.2, 0.25) is 5.02 Å². The van der Waals surface area contributed by atoms with Gasteiger partial charge < -0.3 is 5.73 Å². The van der Waals surface area contributed by atoms with Crippen molar-refractivity contribution in [2.45, 2.75) is 0 Å². The van der Waals surface area contributed by atoms with E-state index in [1.807, 2.05) is 41.8 Å². The lowest BCUT2D eigenvalue weighted by Gasteiger charge is -1.99. The molecule has 0 saturated carbocycles. The fraction of sp³-hybridized carbons (Fsp3) is 0. The number of anilines is 2. The lowest BCUT2D eigenvalue weighted by Crippen LogP contribution is -2.07. The van der Waals surface area contributed by atoms with E-state index in [1.165, 1.54) is 17.4 Å². The van der Waals surface area contributed by atoms with Crippen LogP contribution in [0.25, 0.3) is 17.3 Å². The van der Waals surface area contributed by atoms with Crippen LogP contribution in [0.3, 0.4) is 0 Å². The van der Waals surface area contributed by atoms with Crippen LogP contribution < -0.4 is 11.1 Å². The Kier molecular flexibility index (Phi) is 4.93. The molecule has 0 aliphatic rings. The van der Waals surface area contributed by atoms with Crippen molar-refractivity contribution in [1.82, 2.24) is 4.98 Å². The molecule has 24 heavy (non-hydrogen) atoms. The number of nitrogens with one attached hydrogen (secondary N) is 1. The molecule has 3 N–H and O–H groups in total. The zero-order chi connectivity index (χ0) is 16.9. The molecule has 0 aliphatic carbocycles. The first kappa shape index (κ1) is 16.2. The largest absolute Gasteiger partial charge is 0.399 e. The SMILES string of the molecule is Nc1cccc(-c2csc(NC(=O)/C=C/c3ccc(Cl)cc3)n2)c1. The fourth-order valence-electron chi connectivity index (χ4n) is 2.05. The Balaban J connectivity index is 1.66. The average Bonchev–Trinajstić information content (AvgIpc) is 3.03. The summed E-state index contributed by atoms with van der Waals surface area (Å²) < 4.78 is 0. The second-order valence-corrected chi connectivity index (χ2v) is 6.33. The van der Waals surface area contributed by atoms with Gasteiger partial charge in [-0.05, 0) is 35.9 Å². The van der Waals surface area contributed by atoms with Gasteiger partial charge in [0.1, 0.15) is 0 Å². The Labute approximate surface area is 148 Å². The monoisotopic (exact) mass is 355 g/mol. The number of carbonyl (C=O) groups is 1. The number of nitrogens with zero attached hydrogens (tertiary/aromatic N) is 1. The van der Waals surface area contributed by atoms with E-state index in [0.29, 0.717) is 15.8 Å². The van der Waals surface area contributed by atoms with Crippen molar-refractivity contribution < 1.29 is 4.79 Å². The number of halogens is 1. The smallest absolute Gasteiger partial charge is 0.250 e. The van der Waals surface area contributed by atoms with Crippen LogP contribution in [-0.4, -0.2) is 10.9 Å². The van der Waals surface area contributed by atoms with Crippen molar-refractivity contribution in [3.63, 3.8) is 0 Å². The molecule has 0 fully saturated rings. The molecule has 0 radical (unpaired) electrons. The van der Waals surface area contributed by atoms with Gasteiger partial charge in [0.2, 0.25) is 5.91 Å². The maximum absolute atomic E-state index is 12.0. The molecule has 4 nitrogen and oxygen atoms in total. The molecule has 2 aromatic carbocycles. The second-order valence-electron chi connectivity index (χ2n) is 5.04. The molecule has 6 heteroatoms. The van der Waals surface area contributed by atoms with Crippen LogP contribution in [0, 0.1) is 0 Å². The van der Waals surface area contributed by atoms with Gasteiger partial charge in [-0.1, -0.05) is 35.9 Å². The van der Waals surface area contributed by atoms with Crippen molar-refractivity contribution in [3.05, 3.63) is 70.6 Å². The lowest BCUT2D eigenvalue weighted by molar-refractivity contribution is -0.111. The van der Waals surface area contributed by atoms with Gasteiger partial charge in [-0.2, -0.15) is 0 Å². The normalized spacial score (nSPS) is 10.9. The molecular formula is C18H14ClN3OS. The summed E-state index contributed by atoms with van der Waals surface area (Å²) in [4.78, 5) is 16.4. The van der Waals surface area contributed by atoms with Gasteiger partial charge >= 0.3 is 0 Å². The number of benzene rings is 2. The van der Waals surface area contributed by atoms with Crippen molar-refractivity contribution in [2.24, 2.45) is 0 Å². The summed E-state index contributed by atoms with van der Waals surface area (Å²) in [6.45, 7) is 0. The van der Waals surface area contributed by atoms with Gasteiger partial charge in [0.15, 0.2) is 5.13 Å². The molecule has 0 bridgehead atoms. The molecule has 0 saturated heterocycles. The van der Waals surface area contributed by atoms with E-state index < -0.39 is 0 Å². The first-order valence-corrected chi connectivity index (χ1v) is 8.42. The number of nitrogen functional groups attached to an aromatic ring is 1. The van der Waals surface area contributed by atoms with Crippen LogP contribution >= 0.6 is 22.9 Å². The number of aromatic nitrogens is 1. The van der Waals surface area contributed by atoms with Gasteiger partial charge in [-0.3, -0.25) is 10.1 Å². The number of nitrogens with two attached hydrogens (primary N) is 1. The number of thiazole rings is 1. The first-order valence-electron chi connectivity index (χ1n) is 7.16. The van der Waals surface area contributed by atoms with Crippen molar-refractivity contribution in [3.8, 4) is 11.3 Å². The molecule has 0 spiro atoms. The van der Waals surface area contributed by atoms with Crippen LogP contribution in [-0.2, 0) is 4.79 Å². The highest BCUT2D eigenvalue weighted by Crippen LogP contribution is 2.26. The van der Waals surface area contributed by atoms with E-state index in [-0.39, 0.29) is 5.91 Å². The molecule has 3 aromatic rings. The minimum absolute atomic E-state index is 0.238. The van der Waals surface area contributed by atoms with Crippen LogP contribution in [0.15, 0.2) is 60.0 Å². The topological polar surface area (TPSA) is 68.0 Å². The third-order valence-electron chi connectivity index (χ3n) is 3.21. The minimum Gasteiger partial charge on any atom is -0.399 e. The van der Waals surface area contributed by atoms with Crippen molar-refractivity contribution in [2.75, 3.05) is 11.1 Å². The highest BCUT2D eigenvalue weighted by atomic mass is 35.5. The van der Waals surface area contributed by atoms with Crippen LogP contribution in [0.5, 0.6) is 0 Å². The quantitative estimate of drug-likeness (QED) is 0.526. The number of hydrogen-bond donors (Lipinski definition) is 2. The molecule has 0 aliphatic heterocycles. The molecule has 1 aromatic heterocycles. The van der Waals surface area contributed by atoms with E-state index >= 15 is 0 Å². The van der Waals surface area contributed by atoms with E-state index in [1.54, 1.807) is 18.2 Å². The van der Waals surface area contributed by atoms with Crippen LogP contribution in [0.4, 0.5) is 10.8 Å². The summed E-state index contributed by atoms with van der Waals surface area (Å²) in [5.41, 5.74) is 9.05. The zero-order valence-corrected chi connectivity index (χ0v) is 14.1. The number of carbonyl (C=O) groups excluding carboxylic acids is 1. The Bertz CT molecular complexity index is 887. The summed E-state index contributed by atoms with van der Waals surface area (Å²) in [5.74, 6) is -0.238. The Hall–Kier alpha value is -2.63. The maximum atomic E-state index is 12.0. The van der Waals surface area contributed by atoms with E-state index in [0.717, 1.165) is 16.8 Å². The summed E-state index contributed by atoms with van der Waals surface area (Å²) in [5, 5.41) is 5.84. The predicted molar refractivity (Wildman–Crippen MR) is 101 cm³/mol. The average molecular weight is 356 g/mol. The van der Waals surface area contributed by atoms with E-state index in [4.69, 9.17) is 17.3 Å². The lowest BCUT2D eigenvalue weighted by atomic mass is 10.1. The third-order valence-corrected chi connectivity index (χ3v) is 4.22. The number of rotatable bonds is 4. The maximum Gasteiger partial charge on any atom is 0.250 e. The van der Waals surface area contributed by atoms with Crippen molar-refractivity contribution in [1.29, 1.82) is 0 Å². The Morgan fingerprint density at radius 2 is 2.00 bits per heavy atom. The molecule has 3 rings (SSSR count). The third kappa shape index (κ3) is 4.22. The molecular weight excluding hydrogens is 342 g/mol. The highest BCUT2D eigenvalue weighted by Gasteiger charge is 2.06. The standard InChI is InChI=1S/C18H14ClN3OS/c19-14-7-4-12(5-8-14)6-9-17(23)22-18-21-16(11-24-18)13-2-1-3-15(20)10-13/h1-11H,20H2,(H,21,22,23)/b9-6+. The summed E-state index contributed by atoms with van der Waals surface area (Å²) in [6, 6.07) is 14.7. The highest BCUT2D eigenvalue weighted by molar-refractivity contribution is 7.14. The predicted octanol–water partition coefficient (Wildman–Crippen LogP) is 4.70. The summed E-state index contributed by atoms with van der Waals surface area (Å²) >= 11 is 7.19. The fourth-order valence-corrected chi connectivity index (χ4v) is 2.90. The van der Waals surface area contributed by atoms with Gasteiger partial charge in [-0.25, -0.2) is 4.98 Å². The molecule has 120 valence electrons. The summed E-state index contributed by atoms with van der Waals surface area (Å²) in [7, 11) is 0. The second kappa shape index (κ2) is 7.29. The molecule has 0 unspecified atom stereocenters. The zero-order valence-electron chi connectivity index (χ0n) is 12.6. The van der Waals surface area contributed by atoms with Crippen molar-refractivity contribution >= 4 is 45.7 Å². The molecule has 1 heterocycles. The summed E-state index contributed by atoms with van der Waals surface area (Å²) in [6.07, 6.45) is 3.18. The van der Waals surface area contributed by atoms with E-state index in [9.17, 15) is 4.79 Å². The Morgan fingerprint density at radius 1 is 1.21 bits per heavy atom. The van der Waals surface area contributed by atoms with Crippen LogP contribution in [0.1, 0.15) is 5.56 Å². The molecule has 0 atom stereocenters. The number of hydrogen-bond acceptors (Lipinski definition) is 4.